The van der Waals surface area contributed by atoms with Crippen LogP contribution in [0.15, 0.2) is 54.7 Å². The zero-order valence-corrected chi connectivity index (χ0v) is 40.8. The minimum Gasteiger partial charge on any atom is -0.508 e. The largest absolute Gasteiger partial charge is 0.508 e. The van der Waals surface area contributed by atoms with Crippen molar-refractivity contribution in [1.29, 1.82) is 0 Å². The Morgan fingerprint density at radius 1 is 1.04 bits per heavy atom. The lowest BCUT2D eigenvalue weighted by atomic mass is 9.84. The number of ether oxygens (including phenoxy) is 2. The molecule has 3 fully saturated rings. The van der Waals surface area contributed by atoms with Crippen molar-refractivity contribution in [3.05, 3.63) is 71.5 Å². The molecule has 0 unspecified atom stereocenters. The molecule has 6 heterocycles. The van der Waals surface area contributed by atoms with Gasteiger partial charge in [0, 0.05) is 81.4 Å². The lowest BCUT2D eigenvalue weighted by Crippen LogP contribution is -2.63. The van der Waals surface area contributed by atoms with Gasteiger partial charge in [-0.25, -0.2) is 10.2 Å². The second-order valence-electron chi connectivity index (χ2n) is 19.9. The third-order valence-corrected chi connectivity index (χ3v) is 13.8. The van der Waals surface area contributed by atoms with E-state index in [1.165, 1.54) is 21.9 Å². The number of rotatable bonds is 9. The molecular weight excluding hydrogens is 883 g/mol. The number of likely N-dealkylation sites (N-methyl/N-ethyl adjacent to an activating group) is 1. The van der Waals surface area contributed by atoms with E-state index in [2.05, 4.69) is 59.6 Å². The Morgan fingerprint density at radius 2 is 1.81 bits per heavy atom. The van der Waals surface area contributed by atoms with Crippen LogP contribution < -0.4 is 16.1 Å². The van der Waals surface area contributed by atoms with Crippen LogP contribution in [0, 0.1) is 11.3 Å². The van der Waals surface area contributed by atoms with Crippen LogP contribution in [-0.4, -0.2) is 148 Å². The van der Waals surface area contributed by atoms with E-state index in [4.69, 9.17) is 14.5 Å². The Balaban J connectivity index is 1.17. The maximum Gasteiger partial charge on any atom is 0.327 e. The van der Waals surface area contributed by atoms with Crippen LogP contribution >= 0.6 is 0 Å². The van der Waals surface area contributed by atoms with Gasteiger partial charge in [0.05, 0.1) is 30.1 Å². The van der Waals surface area contributed by atoms with Crippen molar-refractivity contribution < 1.29 is 43.3 Å². The average Bonchev–Trinajstić information content (AvgIpc) is 4.14. The molecule has 0 saturated carbocycles. The smallest absolute Gasteiger partial charge is 0.327 e. The third kappa shape index (κ3) is 10.2. The number of hydrazine groups is 1. The van der Waals surface area contributed by atoms with Crippen molar-refractivity contribution in [2.75, 3.05) is 53.5 Å². The summed E-state index contributed by atoms with van der Waals surface area (Å²) in [7, 11) is 3.11. The molecule has 18 nitrogen and oxygen atoms in total. The quantitative estimate of drug-likeness (QED) is 0.137. The molecule has 4 N–H and O–H groups in total. The van der Waals surface area contributed by atoms with Crippen LogP contribution in [0.25, 0.3) is 33.3 Å². The number of carbonyl (C=O) groups excluding carboxylic acids is 6. The number of hydrogen-bond donors (Lipinski definition) is 4. The number of phenols is 1. The number of pyridine rings is 1. The number of cyclic esters (lactones) is 1. The Bertz CT molecular complexity index is 2660. The molecule has 0 aliphatic carbocycles. The lowest BCUT2D eigenvalue weighted by molar-refractivity contribution is -0.155. The molecule has 0 radical (unpaired) electrons. The number of aryl methyl sites for hydroxylation is 1. The predicted octanol–water partition coefficient (Wildman–Crippen LogP) is 4.17. The summed E-state index contributed by atoms with van der Waals surface area (Å²) in [6.07, 6.45) is 2.82. The first kappa shape index (κ1) is 49.1. The number of piperazine rings is 1. The number of esters is 1. The summed E-state index contributed by atoms with van der Waals surface area (Å²) in [5.41, 5.74) is 9.32. The van der Waals surface area contributed by atoms with Gasteiger partial charge in [-0.1, -0.05) is 39.8 Å². The van der Waals surface area contributed by atoms with Gasteiger partial charge >= 0.3 is 12.0 Å². The molecule has 2 aromatic heterocycles. The minimum absolute atomic E-state index is 0.0332. The van der Waals surface area contributed by atoms with Crippen molar-refractivity contribution in [2.45, 2.75) is 104 Å². The number of methoxy groups -OCH3 is 1. The highest BCUT2D eigenvalue weighted by atomic mass is 16.5. The number of amides is 6. The predicted molar refractivity (Wildman–Crippen MR) is 257 cm³/mol. The number of nitrogens with zero attached hydrogens (tertiary/aromatic N) is 6. The van der Waals surface area contributed by atoms with Crippen molar-refractivity contribution in [3.8, 4) is 28.1 Å². The molecule has 8 rings (SSSR count). The molecule has 4 aliphatic rings. The maximum atomic E-state index is 14.8. The molecule has 368 valence electrons. The van der Waals surface area contributed by atoms with E-state index in [9.17, 15) is 33.9 Å². The summed E-state index contributed by atoms with van der Waals surface area (Å²) >= 11 is 0. The Hall–Kier alpha value is -6.37. The van der Waals surface area contributed by atoms with E-state index in [-0.39, 0.29) is 63.0 Å². The number of nitrogens with one attached hydrogen (secondary N) is 3. The Kier molecular flexibility index (Phi) is 14.2. The second kappa shape index (κ2) is 19.9. The highest BCUT2D eigenvalue weighted by molar-refractivity contribution is 6.00. The number of aromatic nitrogens is 2. The molecular formula is C51H65N9O9. The highest BCUT2D eigenvalue weighted by Gasteiger charge is 2.42. The van der Waals surface area contributed by atoms with Gasteiger partial charge < -0.3 is 39.6 Å². The van der Waals surface area contributed by atoms with E-state index >= 15 is 0 Å². The van der Waals surface area contributed by atoms with Crippen LogP contribution in [0.3, 0.4) is 0 Å². The molecule has 4 aliphatic heterocycles. The third-order valence-electron chi connectivity index (χ3n) is 13.8. The van der Waals surface area contributed by atoms with Crippen LogP contribution in [0.5, 0.6) is 5.75 Å². The van der Waals surface area contributed by atoms with Crippen molar-refractivity contribution >= 4 is 46.5 Å². The fourth-order valence-electron chi connectivity index (χ4n) is 10.1. The summed E-state index contributed by atoms with van der Waals surface area (Å²) in [6.45, 7) is 13.1. The topological polar surface area (TPSA) is 218 Å². The lowest BCUT2D eigenvalue weighted by Gasteiger charge is -2.39. The second-order valence-corrected chi connectivity index (χ2v) is 19.9. The normalized spacial score (nSPS) is 21.7. The highest BCUT2D eigenvalue weighted by Crippen LogP contribution is 2.42. The standard InChI is InChI=1S/C51H65N9O9/c1-9-58-41-15-14-32-24-36(41)37(45(58)35-12-10-16-52-43(35)30(4)68-8)25-51(5,6)28-69-49(66)38-13-11-17-60(55-38)48(65)39(22-31-20-33(32)23-34(61)21-31)54-46(63)44(29(2)3)56(7)50(67)59-19-18-57(27-42(59)62)47(64)40-26-53-40/h10,12,14-16,20-21,23-24,29-30,38-40,44,53,55,61H,9,11,13,17-19,22,25-28H2,1-8H3,(H,54,63)/t30-,38-,39-,40-,44-/m0/s1. The zero-order chi connectivity index (χ0) is 49.5. The van der Waals surface area contributed by atoms with E-state index in [0.29, 0.717) is 43.5 Å². The van der Waals surface area contributed by atoms with E-state index < -0.39 is 59.2 Å². The minimum atomic E-state index is -1.23. The molecule has 6 bridgehead atoms. The fraction of sp³-hybridized carbons (Fsp3) is 0.510. The number of urea groups is 1. The van der Waals surface area contributed by atoms with Gasteiger partial charge in [-0.2, -0.15) is 0 Å². The molecule has 3 saturated heterocycles. The average molecular weight is 948 g/mol. The van der Waals surface area contributed by atoms with Crippen LogP contribution in [-0.2, 0) is 52.8 Å². The van der Waals surface area contributed by atoms with Crippen molar-refractivity contribution in [2.24, 2.45) is 11.3 Å². The number of fused-ring (bicyclic) bond motifs is 6. The summed E-state index contributed by atoms with van der Waals surface area (Å²) < 4.78 is 14.2. The molecule has 69 heavy (non-hydrogen) atoms. The summed E-state index contributed by atoms with van der Waals surface area (Å²) in [5, 5.41) is 19.6. The Labute approximate surface area is 402 Å². The number of hydrogen-bond acceptors (Lipinski definition) is 12. The molecule has 6 amide bonds. The Morgan fingerprint density at radius 3 is 2.51 bits per heavy atom. The van der Waals surface area contributed by atoms with Gasteiger partial charge in [0.25, 0.3) is 5.91 Å². The van der Waals surface area contributed by atoms with E-state index in [1.54, 1.807) is 39.3 Å². The number of imide groups is 1. The van der Waals surface area contributed by atoms with Crippen molar-refractivity contribution in [3.63, 3.8) is 0 Å². The monoisotopic (exact) mass is 947 g/mol. The summed E-state index contributed by atoms with van der Waals surface area (Å²) in [6, 6.07) is 11.1. The van der Waals surface area contributed by atoms with E-state index in [0.717, 1.165) is 43.9 Å². The van der Waals surface area contributed by atoms with E-state index in [1.807, 2.05) is 25.1 Å². The number of carbonyl (C=O) groups is 6. The first-order chi connectivity index (χ1) is 32.9. The van der Waals surface area contributed by atoms with Gasteiger partial charge in [0.2, 0.25) is 17.7 Å². The number of benzene rings is 2. The van der Waals surface area contributed by atoms with Crippen LogP contribution in [0.4, 0.5) is 4.79 Å². The van der Waals surface area contributed by atoms with Crippen molar-refractivity contribution in [1.82, 2.24) is 45.3 Å². The van der Waals surface area contributed by atoms with Crippen LogP contribution in [0.2, 0.25) is 0 Å². The van der Waals surface area contributed by atoms with Gasteiger partial charge in [0.15, 0.2) is 0 Å². The molecule has 5 atom stereocenters. The number of aromatic hydroxyl groups is 1. The van der Waals surface area contributed by atoms with Gasteiger partial charge in [-0.05, 0) is 97.7 Å². The number of phenolic OH excluding ortho intramolecular Hbond substituents is 1. The molecule has 2 aromatic carbocycles. The molecule has 18 heteroatoms. The summed E-state index contributed by atoms with van der Waals surface area (Å²) in [4.78, 5) is 91.7. The first-order valence-corrected chi connectivity index (χ1v) is 24.0. The maximum absolute atomic E-state index is 14.8. The van der Waals surface area contributed by atoms with Gasteiger partial charge in [0.1, 0.15) is 30.4 Å². The van der Waals surface area contributed by atoms with Crippen LogP contribution in [0.1, 0.15) is 77.3 Å². The SMILES string of the molecule is CCn1c(-c2cccnc2[C@H](C)OC)c2c3cc(ccc31)-c1cc(O)cc(c1)C[C@H](NC(=O)[C@H](C(C)C)N(C)C(=O)N1CCN(C(=O)[C@@H]3CN3)CC1=O)C(=O)N1CCC[C@H](N1)C(=O)OCC(C)(C)C2. The van der Waals surface area contributed by atoms with Gasteiger partial charge in [-0.15, -0.1) is 0 Å². The first-order valence-electron chi connectivity index (χ1n) is 24.0. The summed E-state index contributed by atoms with van der Waals surface area (Å²) in [5.74, 6) is -2.92. The molecule has 0 spiro atoms. The molecule has 4 aromatic rings. The fourth-order valence-corrected chi connectivity index (χ4v) is 10.1. The van der Waals surface area contributed by atoms with Gasteiger partial charge in [-0.3, -0.25) is 38.9 Å². The zero-order valence-electron chi connectivity index (χ0n) is 40.8.